The van der Waals surface area contributed by atoms with Crippen molar-refractivity contribution in [1.82, 2.24) is 0 Å². The molecule has 1 aromatic carbocycles. The smallest absolute Gasteiger partial charge is 0.182 e. The fourth-order valence-electron chi connectivity index (χ4n) is 1.03. The van der Waals surface area contributed by atoms with Gasteiger partial charge in [0.1, 0.15) is 5.75 Å². The molecule has 0 saturated heterocycles. The summed E-state index contributed by atoms with van der Waals surface area (Å²) in [6, 6.07) is 3.24. The average molecular weight is 168 g/mol. The Hall–Kier alpha value is -1.06. The zero-order chi connectivity index (χ0) is 9.30. The number of benzene rings is 1. The lowest BCUT2D eigenvalue weighted by molar-refractivity contribution is -0.0439. The molecule has 0 bridgehead atoms. The predicted octanol–water partition coefficient (Wildman–Crippen LogP) is 0.992. The molecule has 0 spiro atoms. The van der Waals surface area contributed by atoms with Gasteiger partial charge in [-0.2, -0.15) is 0 Å². The Morgan fingerprint density at radius 2 is 1.75 bits per heavy atom. The van der Waals surface area contributed by atoms with Crippen molar-refractivity contribution in [3.8, 4) is 5.75 Å². The van der Waals surface area contributed by atoms with Gasteiger partial charge in [-0.3, -0.25) is 0 Å². The van der Waals surface area contributed by atoms with Gasteiger partial charge in [-0.15, -0.1) is 0 Å². The third kappa shape index (κ3) is 1.42. The zero-order valence-corrected chi connectivity index (χ0v) is 7.07. The van der Waals surface area contributed by atoms with Crippen LogP contribution in [0.1, 0.15) is 23.0 Å². The van der Waals surface area contributed by atoms with Crippen LogP contribution in [0.5, 0.6) is 5.75 Å². The molecule has 0 aliphatic rings. The molecule has 0 unspecified atom stereocenters. The third-order valence-electron chi connectivity index (χ3n) is 2.01. The van der Waals surface area contributed by atoms with Crippen LogP contribution in [-0.2, 0) is 0 Å². The van der Waals surface area contributed by atoms with Crippen molar-refractivity contribution in [2.45, 2.75) is 20.1 Å². The molecule has 1 aromatic rings. The number of aryl methyl sites for hydroxylation is 1. The minimum Gasteiger partial charge on any atom is -0.507 e. The molecule has 0 saturated carbocycles. The van der Waals surface area contributed by atoms with Crippen molar-refractivity contribution in [3.63, 3.8) is 0 Å². The Balaban J connectivity index is 3.27. The van der Waals surface area contributed by atoms with E-state index in [1.807, 2.05) is 6.92 Å². The van der Waals surface area contributed by atoms with Gasteiger partial charge in [0, 0.05) is 5.56 Å². The molecular formula is C9H12O3. The van der Waals surface area contributed by atoms with Crippen molar-refractivity contribution >= 4 is 0 Å². The molecule has 3 nitrogen and oxygen atoms in total. The first-order chi connectivity index (χ1) is 5.54. The zero-order valence-electron chi connectivity index (χ0n) is 7.07. The second kappa shape index (κ2) is 3.13. The monoisotopic (exact) mass is 168 g/mol. The molecular weight excluding hydrogens is 156 g/mol. The number of phenols is 1. The third-order valence-corrected chi connectivity index (χ3v) is 2.01. The van der Waals surface area contributed by atoms with Crippen LogP contribution in [-0.4, -0.2) is 15.3 Å². The fourth-order valence-corrected chi connectivity index (χ4v) is 1.03. The molecule has 0 aliphatic heterocycles. The summed E-state index contributed by atoms with van der Waals surface area (Å²) in [5.41, 5.74) is 1.76. The highest BCUT2D eigenvalue weighted by Gasteiger charge is 2.11. The Morgan fingerprint density at radius 1 is 1.17 bits per heavy atom. The number of hydrogen-bond acceptors (Lipinski definition) is 3. The van der Waals surface area contributed by atoms with Gasteiger partial charge in [-0.25, -0.2) is 0 Å². The van der Waals surface area contributed by atoms with Gasteiger partial charge in [0.2, 0.25) is 0 Å². The van der Waals surface area contributed by atoms with Crippen LogP contribution in [0.3, 0.4) is 0 Å². The van der Waals surface area contributed by atoms with E-state index < -0.39 is 6.29 Å². The lowest BCUT2D eigenvalue weighted by atomic mass is 10.0. The lowest BCUT2D eigenvalue weighted by Crippen LogP contribution is -1.97. The highest BCUT2D eigenvalue weighted by Crippen LogP contribution is 2.28. The highest BCUT2D eigenvalue weighted by molar-refractivity contribution is 5.44. The Morgan fingerprint density at radius 3 is 2.25 bits per heavy atom. The van der Waals surface area contributed by atoms with E-state index in [4.69, 9.17) is 10.2 Å². The number of aromatic hydroxyl groups is 1. The average Bonchev–Trinajstić information content (AvgIpc) is 2.00. The van der Waals surface area contributed by atoms with Crippen LogP contribution in [0.4, 0.5) is 0 Å². The fraction of sp³-hybridized carbons (Fsp3) is 0.333. The number of phenolic OH excluding ortho intramolecular Hbond substituents is 1. The first kappa shape index (κ1) is 9.03. The SMILES string of the molecule is Cc1ccc(C(O)O)c(O)c1C. The molecule has 0 fully saturated rings. The van der Waals surface area contributed by atoms with Gasteiger partial charge in [-0.05, 0) is 31.0 Å². The van der Waals surface area contributed by atoms with Gasteiger partial charge in [0.15, 0.2) is 6.29 Å². The van der Waals surface area contributed by atoms with E-state index in [1.54, 1.807) is 13.0 Å². The number of rotatable bonds is 1. The standard InChI is InChI=1S/C9H12O3/c1-5-3-4-7(9(11)12)8(10)6(5)2/h3-4,9-12H,1-2H3. The second-order valence-corrected chi connectivity index (χ2v) is 2.82. The van der Waals surface area contributed by atoms with E-state index in [-0.39, 0.29) is 11.3 Å². The number of hydrogen-bond donors (Lipinski definition) is 3. The predicted molar refractivity (Wildman–Crippen MR) is 44.8 cm³/mol. The van der Waals surface area contributed by atoms with E-state index in [1.165, 1.54) is 6.07 Å². The van der Waals surface area contributed by atoms with Crippen molar-refractivity contribution in [1.29, 1.82) is 0 Å². The molecule has 3 heteroatoms. The quantitative estimate of drug-likeness (QED) is 0.548. The summed E-state index contributed by atoms with van der Waals surface area (Å²) in [4.78, 5) is 0. The molecule has 0 amide bonds. The minimum atomic E-state index is -1.61. The van der Waals surface area contributed by atoms with Crippen LogP contribution in [0, 0.1) is 13.8 Å². The molecule has 0 heterocycles. The maximum atomic E-state index is 9.43. The molecule has 12 heavy (non-hydrogen) atoms. The van der Waals surface area contributed by atoms with Crippen LogP contribution in [0.25, 0.3) is 0 Å². The normalized spacial score (nSPS) is 10.8. The van der Waals surface area contributed by atoms with Crippen LogP contribution >= 0.6 is 0 Å². The van der Waals surface area contributed by atoms with Crippen LogP contribution in [0.2, 0.25) is 0 Å². The summed E-state index contributed by atoms with van der Waals surface area (Å²) in [7, 11) is 0. The molecule has 1 rings (SSSR count). The van der Waals surface area contributed by atoms with E-state index in [9.17, 15) is 5.11 Å². The Kier molecular flexibility index (Phi) is 2.35. The molecule has 0 radical (unpaired) electrons. The van der Waals surface area contributed by atoms with Crippen molar-refractivity contribution in [2.24, 2.45) is 0 Å². The summed E-state index contributed by atoms with van der Waals surface area (Å²) >= 11 is 0. The van der Waals surface area contributed by atoms with Gasteiger partial charge in [0.25, 0.3) is 0 Å². The molecule has 66 valence electrons. The van der Waals surface area contributed by atoms with Crippen LogP contribution in [0.15, 0.2) is 12.1 Å². The van der Waals surface area contributed by atoms with Gasteiger partial charge >= 0.3 is 0 Å². The van der Waals surface area contributed by atoms with E-state index in [0.29, 0.717) is 5.56 Å². The summed E-state index contributed by atoms with van der Waals surface area (Å²) in [5.74, 6) is -0.0370. The number of aliphatic hydroxyl groups is 2. The first-order valence-corrected chi connectivity index (χ1v) is 3.69. The summed E-state index contributed by atoms with van der Waals surface area (Å²) in [6.07, 6.45) is -1.61. The van der Waals surface area contributed by atoms with E-state index in [0.717, 1.165) is 5.56 Å². The second-order valence-electron chi connectivity index (χ2n) is 2.82. The molecule has 3 N–H and O–H groups in total. The molecule has 0 aliphatic carbocycles. The number of aliphatic hydroxyl groups excluding tert-OH is 1. The first-order valence-electron chi connectivity index (χ1n) is 3.69. The molecule has 0 atom stereocenters. The van der Waals surface area contributed by atoms with E-state index in [2.05, 4.69) is 0 Å². The van der Waals surface area contributed by atoms with Crippen LogP contribution < -0.4 is 0 Å². The summed E-state index contributed by atoms with van der Waals surface area (Å²) in [5, 5.41) is 27.1. The lowest BCUT2D eigenvalue weighted by Gasteiger charge is -2.10. The van der Waals surface area contributed by atoms with E-state index >= 15 is 0 Å². The molecule has 0 aromatic heterocycles. The van der Waals surface area contributed by atoms with Crippen molar-refractivity contribution in [2.75, 3.05) is 0 Å². The largest absolute Gasteiger partial charge is 0.507 e. The Bertz CT molecular complexity index is 292. The van der Waals surface area contributed by atoms with Gasteiger partial charge < -0.3 is 15.3 Å². The van der Waals surface area contributed by atoms with Gasteiger partial charge in [-0.1, -0.05) is 6.07 Å². The maximum Gasteiger partial charge on any atom is 0.182 e. The highest BCUT2D eigenvalue weighted by atomic mass is 16.5. The minimum absolute atomic E-state index is 0.0370. The topological polar surface area (TPSA) is 60.7 Å². The summed E-state index contributed by atoms with van der Waals surface area (Å²) < 4.78 is 0. The Labute approximate surface area is 70.9 Å². The van der Waals surface area contributed by atoms with Crippen molar-refractivity contribution < 1.29 is 15.3 Å². The van der Waals surface area contributed by atoms with Crippen molar-refractivity contribution in [3.05, 3.63) is 28.8 Å². The summed E-state index contributed by atoms with van der Waals surface area (Å²) in [6.45, 7) is 3.58. The van der Waals surface area contributed by atoms with Gasteiger partial charge in [0.05, 0.1) is 0 Å². The maximum absolute atomic E-state index is 9.43.